The van der Waals surface area contributed by atoms with Gasteiger partial charge in [0.05, 0.1) is 25.1 Å². The van der Waals surface area contributed by atoms with Gasteiger partial charge in [0, 0.05) is 6.07 Å². The Morgan fingerprint density at radius 3 is 2.52 bits per heavy atom. The van der Waals surface area contributed by atoms with Crippen LogP contribution in [0.15, 0.2) is 24.4 Å². The second kappa shape index (κ2) is 6.17. The van der Waals surface area contributed by atoms with Gasteiger partial charge in [0.1, 0.15) is 11.4 Å². The molecule has 1 aromatic carbocycles. The molecule has 0 aliphatic rings. The normalized spacial score (nSPS) is 10.4. The van der Waals surface area contributed by atoms with Crippen molar-refractivity contribution >= 4 is 11.8 Å². The number of carbonyl (C=O) groups is 1. The third-order valence-corrected chi connectivity index (χ3v) is 2.81. The van der Waals surface area contributed by atoms with Crippen LogP contribution in [0.2, 0.25) is 0 Å². The molecule has 0 bridgehead atoms. The summed E-state index contributed by atoms with van der Waals surface area (Å²) in [5.74, 6) is 0.125. The number of hydrogen-bond donors (Lipinski definition) is 2. The Bertz CT molecular complexity index is 652. The van der Waals surface area contributed by atoms with Gasteiger partial charge >= 0.3 is 5.97 Å². The van der Waals surface area contributed by atoms with Crippen molar-refractivity contribution in [2.24, 2.45) is 0 Å². The van der Waals surface area contributed by atoms with Crippen LogP contribution in [0, 0.1) is 0 Å². The number of carboxylic acids is 1. The molecule has 2 aromatic rings. The van der Waals surface area contributed by atoms with Crippen LogP contribution in [0.1, 0.15) is 24.2 Å². The molecule has 1 aromatic heterocycles. The molecule has 7 heteroatoms. The van der Waals surface area contributed by atoms with E-state index in [0.29, 0.717) is 30.4 Å². The highest BCUT2D eigenvalue weighted by Crippen LogP contribution is 2.31. The average Bonchev–Trinajstić information content (AvgIpc) is 2.83. The molecule has 1 heterocycles. The minimum atomic E-state index is -1.12. The number of anilines is 1. The molecule has 0 amide bonds. The summed E-state index contributed by atoms with van der Waals surface area (Å²) < 4.78 is 12.3. The molecule has 2 rings (SSSR count). The molecule has 0 fully saturated rings. The lowest BCUT2D eigenvalue weighted by molar-refractivity contribution is 0.0698. The quantitative estimate of drug-likeness (QED) is 0.843. The summed E-state index contributed by atoms with van der Waals surface area (Å²) in [6.07, 6.45) is 1.22. The largest absolute Gasteiger partial charge is 0.490 e. The van der Waals surface area contributed by atoms with Crippen LogP contribution in [0.25, 0.3) is 5.69 Å². The molecule has 0 spiro atoms. The third-order valence-electron chi connectivity index (χ3n) is 2.81. The minimum Gasteiger partial charge on any atom is -0.490 e. The van der Waals surface area contributed by atoms with E-state index in [-0.39, 0.29) is 11.4 Å². The van der Waals surface area contributed by atoms with Gasteiger partial charge in [-0.25, -0.2) is 9.48 Å². The van der Waals surface area contributed by atoms with Crippen LogP contribution in [0.5, 0.6) is 11.5 Å². The van der Waals surface area contributed by atoms with E-state index in [0.717, 1.165) is 0 Å². The molecule has 0 radical (unpaired) electrons. The first-order valence-electron chi connectivity index (χ1n) is 6.55. The summed E-state index contributed by atoms with van der Waals surface area (Å²) in [7, 11) is 0. The lowest BCUT2D eigenvalue weighted by Crippen LogP contribution is -2.06. The van der Waals surface area contributed by atoms with E-state index < -0.39 is 5.97 Å². The fraction of sp³-hybridized carbons (Fsp3) is 0.286. The standard InChI is InChI=1S/C14H17N3O4/c1-3-20-11-6-5-9(7-12(11)21-4-2)17-13(15)10(8-16-17)14(18)19/h5-8H,3-4,15H2,1-2H3,(H,18,19). The van der Waals surface area contributed by atoms with Crippen molar-refractivity contribution in [3.05, 3.63) is 30.0 Å². The Morgan fingerprint density at radius 1 is 1.29 bits per heavy atom. The van der Waals surface area contributed by atoms with Gasteiger partial charge in [-0.3, -0.25) is 0 Å². The minimum absolute atomic E-state index is 0.0400. The van der Waals surface area contributed by atoms with Crippen LogP contribution < -0.4 is 15.2 Å². The predicted octanol–water partition coefficient (Wildman–Crippen LogP) is 1.95. The molecule has 3 N–H and O–H groups in total. The van der Waals surface area contributed by atoms with E-state index in [2.05, 4.69) is 5.10 Å². The highest BCUT2D eigenvalue weighted by atomic mass is 16.5. The first-order chi connectivity index (χ1) is 10.1. The van der Waals surface area contributed by atoms with Crippen molar-refractivity contribution in [3.8, 4) is 17.2 Å². The van der Waals surface area contributed by atoms with Gasteiger partial charge in [0.15, 0.2) is 11.5 Å². The molecular formula is C14H17N3O4. The monoisotopic (exact) mass is 291 g/mol. The molecule has 0 aliphatic heterocycles. The summed E-state index contributed by atoms with van der Waals surface area (Å²) in [5, 5.41) is 13.0. The Morgan fingerprint density at radius 2 is 1.95 bits per heavy atom. The fourth-order valence-electron chi connectivity index (χ4n) is 1.90. The second-order valence-corrected chi connectivity index (χ2v) is 4.16. The zero-order valence-electron chi connectivity index (χ0n) is 11.9. The van der Waals surface area contributed by atoms with E-state index >= 15 is 0 Å². The van der Waals surface area contributed by atoms with Gasteiger partial charge in [-0.15, -0.1) is 0 Å². The molecule has 0 unspecified atom stereocenters. The number of hydrogen-bond acceptors (Lipinski definition) is 5. The predicted molar refractivity (Wildman–Crippen MR) is 77.3 cm³/mol. The summed E-state index contributed by atoms with van der Waals surface area (Å²) in [6, 6.07) is 5.19. The van der Waals surface area contributed by atoms with Crippen molar-refractivity contribution in [1.82, 2.24) is 9.78 Å². The van der Waals surface area contributed by atoms with E-state index in [1.165, 1.54) is 10.9 Å². The number of carboxylic acid groups (broad SMARTS) is 1. The fourth-order valence-corrected chi connectivity index (χ4v) is 1.90. The van der Waals surface area contributed by atoms with Gasteiger partial charge in [0.2, 0.25) is 0 Å². The van der Waals surface area contributed by atoms with Crippen molar-refractivity contribution in [3.63, 3.8) is 0 Å². The number of benzene rings is 1. The highest BCUT2D eigenvalue weighted by Gasteiger charge is 2.16. The van der Waals surface area contributed by atoms with Crippen molar-refractivity contribution in [2.75, 3.05) is 18.9 Å². The van der Waals surface area contributed by atoms with E-state index in [1.54, 1.807) is 18.2 Å². The number of aromatic carboxylic acids is 1. The SMILES string of the molecule is CCOc1ccc(-n2ncc(C(=O)O)c2N)cc1OCC. The number of rotatable bonds is 6. The number of aromatic nitrogens is 2. The Labute approximate surface area is 121 Å². The van der Waals surface area contributed by atoms with Crippen LogP contribution >= 0.6 is 0 Å². The van der Waals surface area contributed by atoms with Gasteiger partial charge in [-0.05, 0) is 26.0 Å². The maximum absolute atomic E-state index is 11.0. The zero-order valence-corrected chi connectivity index (χ0v) is 11.9. The molecule has 0 saturated heterocycles. The maximum Gasteiger partial charge on any atom is 0.341 e. The summed E-state index contributed by atoms with van der Waals surface area (Å²) in [5.41, 5.74) is 6.37. The van der Waals surface area contributed by atoms with Crippen LogP contribution in [-0.4, -0.2) is 34.1 Å². The number of ether oxygens (including phenoxy) is 2. The number of nitrogen functional groups attached to an aromatic ring is 1. The van der Waals surface area contributed by atoms with Crippen LogP contribution in [0.4, 0.5) is 5.82 Å². The number of nitrogens with two attached hydrogens (primary N) is 1. The van der Waals surface area contributed by atoms with Crippen LogP contribution in [-0.2, 0) is 0 Å². The summed E-state index contributed by atoms with van der Waals surface area (Å²) in [6.45, 7) is 4.76. The summed E-state index contributed by atoms with van der Waals surface area (Å²) in [4.78, 5) is 11.0. The molecule has 112 valence electrons. The van der Waals surface area contributed by atoms with Crippen molar-refractivity contribution in [2.45, 2.75) is 13.8 Å². The zero-order chi connectivity index (χ0) is 15.4. The lowest BCUT2D eigenvalue weighted by atomic mass is 10.2. The second-order valence-electron chi connectivity index (χ2n) is 4.16. The smallest absolute Gasteiger partial charge is 0.341 e. The molecule has 0 aliphatic carbocycles. The van der Waals surface area contributed by atoms with Gasteiger partial charge in [-0.2, -0.15) is 5.10 Å². The summed E-state index contributed by atoms with van der Waals surface area (Å²) >= 11 is 0. The molecular weight excluding hydrogens is 274 g/mol. The topological polar surface area (TPSA) is 99.6 Å². The maximum atomic E-state index is 11.0. The van der Waals surface area contributed by atoms with Gasteiger partial charge in [0.25, 0.3) is 0 Å². The first-order valence-corrected chi connectivity index (χ1v) is 6.55. The van der Waals surface area contributed by atoms with Crippen molar-refractivity contribution in [1.29, 1.82) is 0 Å². The highest BCUT2D eigenvalue weighted by molar-refractivity contribution is 5.92. The Kier molecular flexibility index (Phi) is 4.32. The Balaban J connectivity index is 2.45. The van der Waals surface area contributed by atoms with Gasteiger partial charge < -0.3 is 20.3 Å². The number of nitrogens with zero attached hydrogens (tertiary/aromatic N) is 2. The first kappa shape index (κ1) is 14.7. The Hall–Kier alpha value is -2.70. The van der Waals surface area contributed by atoms with Crippen LogP contribution in [0.3, 0.4) is 0 Å². The van der Waals surface area contributed by atoms with E-state index in [4.69, 9.17) is 20.3 Å². The molecule has 0 saturated carbocycles. The molecule has 21 heavy (non-hydrogen) atoms. The van der Waals surface area contributed by atoms with Gasteiger partial charge in [-0.1, -0.05) is 0 Å². The molecule has 0 atom stereocenters. The van der Waals surface area contributed by atoms with E-state index in [9.17, 15) is 4.79 Å². The van der Waals surface area contributed by atoms with E-state index in [1.807, 2.05) is 13.8 Å². The average molecular weight is 291 g/mol. The lowest BCUT2D eigenvalue weighted by Gasteiger charge is -2.13. The van der Waals surface area contributed by atoms with Crippen molar-refractivity contribution < 1.29 is 19.4 Å². The molecule has 7 nitrogen and oxygen atoms in total. The third kappa shape index (κ3) is 2.91.